The van der Waals surface area contributed by atoms with E-state index in [1.165, 1.54) is 6.07 Å². The van der Waals surface area contributed by atoms with E-state index in [0.717, 1.165) is 11.1 Å². The maximum absolute atomic E-state index is 15.1. The first kappa shape index (κ1) is 68.1. The molecule has 22 heteroatoms. The van der Waals surface area contributed by atoms with Crippen molar-refractivity contribution in [2.75, 3.05) is 6.54 Å². The number of ether oxygens (including phenoxy) is 7. The lowest BCUT2D eigenvalue weighted by Crippen LogP contribution is -2.53. The van der Waals surface area contributed by atoms with Gasteiger partial charge in [0.25, 0.3) is 0 Å². The molecule has 3 atom stereocenters. The van der Waals surface area contributed by atoms with Crippen molar-refractivity contribution in [3.8, 4) is 28.4 Å². The Morgan fingerprint density at radius 2 is 0.806 bits per heavy atom. The fourth-order valence-electron chi connectivity index (χ4n) is 9.26. The standard InChI is InChI=1S/C71H67F5N4O13/c1-71(2,3)93-70(86)79-54(30-19-35-77-68(84)90-43-48-26-15-7-16-27-48)65(81)78-55(66(82)89-42-47-24-13-6-14-25-47)38-52-36-50(31-33-57(52)87-40-45-20-9-4-10-21-45)51-32-34-58(88-41-46-22-11-5-12-23-46)53(37-51)39-56(80-69(85)91-44-49-28-17-8-18-29-49)67(83)92-64-62(75)60(73)59(72)61(74)63(64)76/h4-18,20-29,31-34,36-37,54-56H,19,30,35,38-44H2,1-3H3,(H,77,84)(H,78,81)(H,79,86)(H,80,85)/t54-,55-,56?/m0/s1. The average Bonchev–Trinajstić information content (AvgIpc) is 0.879. The van der Waals surface area contributed by atoms with Gasteiger partial charge in [-0.05, 0) is 108 Å². The highest BCUT2D eigenvalue weighted by Crippen LogP contribution is 2.34. The van der Waals surface area contributed by atoms with Gasteiger partial charge in [-0.2, -0.15) is 8.78 Å². The fraction of sp³-hybridized carbons (Fsp3) is 0.239. The number of nitrogens with one attached hydrogen (secondary N) is 4. The van der Waals surface area contributed by atoms with Gasteiger partial charge in [-0.1, -0.05) is 164 Å². The van der Waals surface area contributed by atoms with E-state index >= 15 is 8.78 Å². The van der Waals surface area contributed by atoms with Crippen LogP contribution in [0.1, 0.15) is 72.6 Å². The maximum atomic E-state index is 15.1. The van der Waals surface area contributed by atoms with Gasteiger partial charge in [-0.25, -0.2) is 37.1 Å². The zero-order chi connectivity index (χ0) is 66.3. The fourth-order valence-corrected chi connectivity index (χ4v) is 9.26. The Morgan fingerprint density at radius 1 is 0.419 bits per heavy atom. The van der Waals surface area contributed by atoms with Gasteiger partial charge >= 0.3 is 30.2 Å². The van der Waals surface area contributed by atoms with Crippen LogP contribution in [0.5, 0.6) is 17.2 Å². The molecule has 8 aromatic rings. The van der Waals surface area contributed by atoms with Crippen molar-refractivity contribution >= 4 is 36.1 Å². The van der Waals surface area contributed by atoms with E-state index in [4.69, 9.17) is 33.2 Å². The average molecular weight is 1280 g/mol. The number of benzene rings is 8. The predicted octanol–water partition coefficient (Wildman–Crippen LogP) is 13.0. The molecule has 17 nitrogen and oxygen atoms in total. The summed E-state index contributed by atoms with van der Waals surface area (Å²) in [6.07, 6.45) is -3.75. The van der Waals surface area contributed by atoms with Gasteiger partial charge < -0.3 is 54.4 Å². The predicted molar refractivity (Wildman–Crippen MR) is 331 cm³/mol. The summed E-state index contributed by atoms with van der Waals surface area (Å²) in [5, 5.41) is 10.4. The van der Waals surface area contributed by atoms with Crippen molar-refractivity contribution in [2.45, 2.75) is 103 Å². The first-order valence-corrected chi connectivity index (χ1v) is 29.5. The number of esters is 2. The molecule has 0 aliphatic rings. The Labute approximate surface area is 533 Å². The van der Waals surface area contributed by atoms with Crippen LogP contribution in [-0.2, 0) is 79.2 Å². The number of amides is 4. The van der Waals surface area contributed by atoms with Crippen LogP contribution in [0, 0.1) is 29.1 Å². The van der Waals surface area contributed by atoms with Gasteiger partial charge in [-0.15, -0.1) is 0 Å². The summed E-state index contributed by atoms with van der Waals surface area (Å²) in [5.41, 5.74) is 3.70. The Hall–Kier alpha value is -10.8. The van der Waals surface area contributed by atoms with Gasteiger partial charge in [0.1, 0.15) is 68.3 Å². The minimum absolute atomic E-state index is 0.00966. The van der Waals surface area contributed by atoms with Crippen molar-refractivity contribution in [1.29, 1.82) is 0 Å². The number of halogens is 5. The van der Waals surface area contributed by atoms with E-state index in [9.17, 15) is 41.9 Å². The van der Waals surface area contributed by atoms with E-state index in [0.29, 0.717) is 33.4 Å². The molecule has 0 radical (unpaired) electrons. The van der Waals surface area contributed by atoms with Crippen LogP contribution < -0.4 is 35.5 Å². The molecule has 8 rings (SSSR count). The molecule has 93 heavy (non-hydrogen) atoms. The summed E-state index contributed by atoms with van der Waals surface area (Å²) >= 11 is 0. The third-order valence-electron chi connectivity index (χ3n) is 13.9. The number of carbonyl (C=O) groups excluding carboxylic acids is 6. The monoisotopic (exact) mass is 1280 g/mol. The molecule has 0 bridgehead atoms. The van der Waals surface area contributed by atoms with Gasteiger partial charge in [0.05, 0.1) is 0 Å². The van der Waals surface area contributed by atoms with Crippen LogP contribution in [0.15, 0.2) is 188 Å². The van der Waals surface area contributed by atoms with Gasteiger partial charge in [0.2, 0.25) is 40.7 Å². The van der Waals surface area contributed by atoms with Crippen molar-refractivity contribution in [3.63, 3.8) is 0 Å². The van der Waals surface area contributed by atoms with Gasteiger partial charge in [0, 0.05) is 19.4 Å². The molecule has 0 saturated heterocycles. The molecule has 1 unspecified atom stereocenters. The van der Waals surface area contributed by atoms with Crippen LogP contribution in [0.25, 0.3) is 11.1 Å². The lowest BCUT2D eigenvalue weighted by molar-refractivity contribution is -0.149. The van der Waals surface area contributed by atoms with Crippen molar-refractivity contribution in [2.24, 2.45) is 0 Å². The van der Waals surface area contributed by atoms with Gasteiger partial charge in [0.15, 0.2) is 0 Å². The molecule has 0 aliphatic heterocycles. The first-order valence-electron chi connectivity index (χ1n) is 29.5. The number of rotatable bonds is 28. The minimum atomic E-state index is -2.50. The molecule has 8 aromatic carbocycles. The first-order chi connectivity index (χ1) is 44.8. The zero-order valence-corrected chi connectivity index (χ0v) is 50.9. The number of alkyl carbamates (subject to hydrolysis) is 3. The number of hydrogen-bond acceptors (Lipinski definition) is 13. The summed E-state index contributed by atoms with van der Waals surface area (Å²) in [6.45, 7) is 4.44. The summed E-state index contributed by atoms with van der Waals surface area (Å²) in [5.74, 6) is -17.1. The Kier molecular flexibility index (Phi) is 24.4. The Balaban J connectivity index is 1.15. The molecule has 0 spiro atoms. The second kappa shape index (κ2) is 33.3. The molecular formula is C71H67F5N4O13. The van der Waals surface area contributed by atoms with Crippen LogP contribution in [-0.4, -0.2) is 66.4 Å². The van der Waals surface area contributed by atoms with Crippen molar-refractivity contribution < 1.29 is 83.9 Å². The summed E-state index contributed by atoms with van der Waals surface area (Å²) in [6, 6.07) is 49.1. The van der Waals surface area contributed by atoms with E-state index in [1.807, 2.05) is 36.4 Å². The molecule has 0 heterocycles. The Bertz CT molecular complexity index is 3800. The van der Waals surface area contributed by atoms with E-state index < -0.39 is 101 Å². The van der Waals surface area contributed by atoms with Crippen LogP contribution in [0.3, 0.4) is 0 Å². The van der Waals surface area contributed by atoms with Crippen molar-refractivity contribution in [1.82, 2.24) is 21.3 Å². The summed E-state index contributed by atoms with van der Waals surface area (Å²) < 4.78 is 113. The minimum Gasteiger partial charge on any atom is -0.489 e. The highest BCUT2D eigenvalue weighted by molar-refractivity contribution is 5.90. The molecular weight excluding hydrogens is 1210 g/mol. The third kappa shape index (κ3) is 20.9. The second-order valence-corrected chi connectivity index (χ2v) is 22.2. The van der Waals surface area contributed by atoms with Crippen LogP contribution in [0.4, 0.5) is 36.3 Å². The molecule has 4 N–H and O–H groups in total. The number of hydrogen-bond donors (Lipinski definition) is 4. The molecule has 0 aliphatic carbocycles. The van der Waals surface area contributed by atoms with Crippen LogP contribution >= 0.6 is 0 Å². The molecule has 0 aromatic heterocycles. The molecule has 484 valence electrons. The molecule has 4 amide bonds. The Morgan fingerprint density at radius 3 is 1.25 bits per heavy atom. The topological polar surface area (TPSA) is 215 Å². The third-order valence-corrected chi connectivity index (χ3v) is 13.9. The second-order valence-electron chi connectivity index (χ2n) is 22.2. The van der Waals surface area contributed by atoms with E-state index in [2.05, 4.69) is 21.3 Å². The van der Waals surface area contributed by atoms with E-state index in [1.54, 1.807) is 166 Å². The largest absolute Gasteiger partial charge is 0.489 e. The number of carbonyl (C=O) groups is 6. The highest BCUT2D eigenvalue weighted by atomic mass is 19.2. The van der Waals surface area contributed by atoms with Gasteiger partial charge in [-0.3, -0.25) is 4.79 Å². The van der Waals surface area contributed by atoms with E-state index in [-0.39, 0.29) is 75.9 Å². The van der Waals surface area contributed by atoms with Crippen molar-refractivity contribution in [3.05, 3.63) is 256 Å². The summed E-state index contributed by atoms with van der Waals surface area (Å²) in [4.78, 5) is 83.0. The lowest BCUT2D eigenvalue weighted by Gasteiger charge is -2.25. The zero-order valence-electron chi connectivity index (χ0n) is 50.9. The SMILES string of the molecule is CC(C)(C)OC(=O)N[C@@H](CCCNC(=O)OCc1ccccc1)C(=O)N[C@@H](Cc1cc(-c2ccc(OCc3ccccc3)c(CC(NC(=O)OCc3ccccc3)C(=O)Oc3c(F)c(F)c(F)c(F)c3F)c2)ccc1OCc1ccccc1)C(=O)OCc1ccccc1. The molecule has 0 fully saturated rings. The van der Waals surface area contributed by atoms with Crippen LogP contribution in [0.2, 0.25) is 0 Å². The maximum Gasteiger partial charge on any atom is 0.408 e. The molecule has 0 saturated carbocycles. The quantitative estimate of drug-likeness (QED) is 0.00684. The highest BCUT2D eigenvalue weighted by Gasteiger charge is 2.34. The summed E-state index contributed by atoms with van der Waals surface area (Å²) in [7, 11) is 0. The smallest absolute Gasteiger partial charge is 0.408 e. The lowest BCUT2D eigenvalue weighted by atomic mass is 9.95. The normalized spacial score (nSPS) is 12.0.